The van der Waals surface area contributed by atoms with Crippen molar-refractivity contribution in [2.24, 2.45) is 0 Å². The number of amides is 1. The minimum atomic E-state index is -3.71. The van der Waals surface area contributed by atoms with Crippen LogP contribution in [0.4, 0.5) is 10.1 Å². The van der Waals surface area contributed by atoms with Gasteiger partial charge in [0, 0.05) is 31.7 Å². The first-order valence-corrected chi connectivity index (χ1v) is 10.0. The molecule has 7 heteroatoms. The van der Waals surface area contributed by atoms with Crippen LogP contribution in [0.1, 0.15) is 25.3 Å². The number of hydrogen-bond acceptors (Lipinski definition) is 3. The van der Waals surface area contributed by atoms with Crippen molar-refractivity contribution in [1.82, 2.24) is 4.31 Å². The normalized spacial score (nSPS) is 15.0. The Morgan fingerprint density at radius 2 is 1.88 bits per heavy atom. The Kier molecular flexibility index (Phi) is 5.38. The van der Waals surface area contributed by atoms with E-state index in [1.165, 1.54) is 28.6 Å². The van der Waals surface area contributed by atoms with Crippen molar-refractivity contribution >= 4 is 21.6 Å². The predicted octanol–water partition coefficient (Wildman–Crippen LogP) is 3.16. The van der Waals surface area contributed by atoms with E-state index in [1.807, 2.05) is 0 Å². The topological polar surface area (TPSA) is 57.7 Å². The van der Waals surface area contributed by atoms with Gasteiger partial charge in [-0.1, -0.05) is 19.1 Å². The molecule has 3 rings (SSSR count). The molecule has 1 fully saturated rings. The van der Waals surface area contributed by atoms with Crippen molar-refractivity contribution in [1.29, 1.82) is 0 Å². The van der Waals surface area contributed by atoms with Gasteiger partial charge in [0.2, 0.25) is 15.9 Å². The first-order valence-electron chi connectivity index (χ1n) is 8.57. The lowest BCUT2D eigenvalue weighted by Gasteiger charge is -2.21. The molecule has 1 aliphatic rings. The molecule has 1 saturated heterocycles. The molecule has 1 aliphatic heterocycles. The van der Waals surface area contributed by atoms with E-state index >= 15 is 0 Å². The molecule has 0 N–H and O–H groups in total. The highest BCUT2D eigenvalue weighted by atomic mass is 32.2. The third kappa shape index (κ3) is 3.78. The summed E-state index contributed by atoms with van der Waals surface area (Å²) in [5.74, 6) is -0.336. The number of nitrogens with zero attached hydrogens (tertiary/aromatic N) is 2. The number of carbonyl (C=O) groups is 1. The fourth-order valence-corrected chi connectivity index (χ4v) is 4.51. The maximum absolute atomic E-state index is 13.4. The Hall–Kier alpha value is -2.25. The Bertz CT molecular complexity index is 897. The average Bonchev–Trinajstić information content (AvgIpc) is 3.05. The Labute approximate surface area is 153 Å². The first kappa shape index (κ1) is 18.5. The molecule has 0 aliphatic carbocycles. The average molecular weight is 376 g/mol. The number of halogens is 1. The molecular formula is C19H21FN2O3S. The minimum Gasteiger partial charge on any atom is -0.312 e. The molecule has 0 aromatic heterocycles. The van der Waals surface area contributed by atoms with Crippen molar-refractivity contribution < 1.29 is 17.6 Å². The van der Waals surface area contributed by atoms with Gasteiger partial charge in [-0.2, -0.15) is 4.31 Å². The van der Waals surface area contributed by atoms with E-state index in [2.05, 4.69) is 0 Å². The zero-order chi connectivity index (χ0) is 18.7. The molecule has 0 atom stereocenters. The van der Waals surface area contributed by atoms with Gasteiger partial charge in [-0.25, -0.2) is 12.8 Å². The molecule has 2 aromatic rings. The lowest BCUT2D eigenvalue weighted by Crippen LogP contribution is -2.30. The third-order valence-electron chi connectivity index (χ3n) is 4.46. The van der Waals surface area contributed by atoms with Crippen LogP contribution in [0.5, 0.6) is 0 Å². The van der Waals surface area contributed by atoms with Crippen LogP contribution in [0, 0.1) is 5.82 Å². The highest BCUT2D eigenvalue weighted by molar-refractivity contribution is 7.89. The van der Waals surface area contributed by atoms with Crippen LogP contribution in [0.25, 0.3) is 0 Å². The monoisotopic (exact) mass is 376 g/mol. The maximum atomic E-state index is 13.4. The zero-order valence-corrected chi connectivity index (χ0v) is 15.4. The number of hydrogen-bond donors (Lipinski definition) is 0. The van der Waals surface area contributed by atoms with Crippen LogP contribution in [-0.2, 0) is 21.4 Å². The number of rotatable bonds is 6. The van der Waals surface area contributed by atoms with E-state index in [9.17, 15) is 17.6 Å². The summed E-state index contributed by atoms with van der Waals surface area (Å²) in [5, 5.41) is 0. The van der Waals surface area contributed by atoms with Crippen molar-refractivity contribution in [2.45, 2.75) is 31.2 Å². The summed E-state index contributed by atoms with van der Waals surface area (Å²) >= 11 is 0. The van der Waals surface area contributed by atoms with Crippen molar-refractivity contribution in [3.63, 3.8) is 0 Å². The molecule has 26 heavy (non-hydrogen) atoms. The summed E-state index contributed by atoms with van der Waals surface area (Å²) in [6, 6.07) is 12.3. The van der Waals surface area contributed by atoms with Crippen LogP contribution in [0.15, 0.2) is 53.4 Å². The maximum Gasteiger partial charge on any atom is 0.243 e. The standard InChI is InChI=1S/C19H21FN2O3S/c1-2-21(14-15-5-3-6-16(20)13-15)26(24,25)18-10-8-17(9-11-18)22-12-4-7-19(22)23/h3,5-6,8-11,13H,2,4,7,12,14H2,1H3. The summed E-state index contributed by atoms with van der Waals surface area (Å²) in [7, 11) is -3.71. The van der Waals surface area contributed by atoms with Gasteiger partial charge in [-0.05, 0) is 48.4 Å². The molecule has 0 spiro atoms. The van der Waals surface area contributed by atoms with Gasteiger partial charge in [-0.3, -0.25) is 4.79 Å². The second-order valence-electron chi connectivity index (χ2n) is 6.20. The van der Waals surface area contributed by atoms with E-state index in [4.69, 9.17) is 0 Å². The SMILES string of the molecule is CCN(Cc1cccc(F)c1)S(=O)(=O)c1ccc(N2CCCC2=O)cc1. The zero-order valence-electron chi connectivity index (χ0n) is 14.6. The first-order chi connectivity index (χ1) is 12.4. The van der Waals surface area contributed by atoms with Gasteiger partial charge in [0.1, 0.15) is 5.82 Å². The fourth-order valence-electron chi connectivity index (χ4n) is 3.07. The number of benzene rings is 2. The highest BCUT2D eigenvalue weighted by Gasteiger charge is 2.25. The van der Waals surface area contributed by atoms with Crippen LogP contribution >= 0.6 is 0 Å². The molecule has 5 nitrogen and oxygen atoms in total. The van der Waals surface area contributed by atoms with Crippen molar-refractivity contribution in [2.75, 3.05) is 18.0 Å². The second-order valence-corrected chi connectivity index (χ2v) is 8.14. The Morgan fingerprint density at radius 1 is 1.15 bits per heavy atom. The summed E-state index contributed by atoms with van der Waals surface area (Å²) in [6.07, 6.45) is 1.34. The lowest BCUT2D eigenvalue weighted by molar-refractivity contribution is -0.117. The predicted molar refractivity (Wildman–Crippen MR) is 97.7 cm³/mol. The van der Waals surface area contributed by atoms with Crippen LogP contribution in [0.3, 0.4) is 0 Å². The van der Waals surface area contributed by atoms with E-state index in [1.54, 1.807) is 36.1 Å². The van der Waals surface area contributed by atoms with Crippen LogP contribution in [-0.4, -0.2) is 31.7 Å². The summed E-state index contributed by atoms with van der Waals surface area (Å²) < 4.78 is 40.5. The van der Waals surface area contributed by atoms with Gasteiger partial charge >= 0.3 is 0 Å². The summed E-state index contributed by atoms with van der Waals surface area (Å²) in [5.41, 5.74) is 1.30. The van der Waals surface area contributed by atoms with Gasteiger partial charge in [0.25, 0.3) is 0 Å². The lowest BCUT2D eigenvalue weighted by atomic mass is 10.2. The molecule has 0 radical (unpaired) electrons. The molecular weight excluding hydrogens is 355 g/mol. The molecule has 0 bridgehead atoms. The molecule has 0 unspecified atom stereocenters. The van der Waals surface area contributed by atoms with E-state index in [0.717, 1.165) is 6.42 Å². The van der Waals surface area contributed by atoms with E-state index < -0.39 is 15.8 Å². The third-order valence-corrected chi connectivity index (χ3v) is 6.40. The molecule has 1 amide bonds. The highest BCUT2D eigenvalue weighted by Crippen LogP contribution is 2.25. The largest absolute Gasteiger partial charge is 0.312 e. The summed E-state index contributed by atoms with van der Waals surface area (Å²) in [4.78, 5) is 13.6. The van der Waals surface area contributed by atoms with Crippen LogP contribution in [0.2, 0.25) is 0 Å². The second kappa shape index (κ2) is 7.55. The van der Waals surface area contributed by atoms with E-state index in [-0.39, 0.29) is 23.9 Å². The minimum absolute atomic E-state index is 0.0573. The number of sulfonamides is 1. The van der Waals surface area contributed by atoms with Crippen molar-refractivity contribution in [3.8, 4) is 0 Å². The quantitative estimate of drug-likeness (QED) is 0.778. The summed E-state index contributed by atoms with van der Waals surface area (Å²) in [6.45, 7) is 2.77. The van der Waals surface area contributed by atoms with E-state index in [0.29, 0.717) is 24.2 Å². The smallest absolute Gasteiger partial charge is 0.243 e. The molecule has 0 saturated carbocycles. The molecule has 2 aromatic carbocycles. The molecule has 1 heterocycles. The van der Waals surface area contributed by atoms with Gasteiger partial charge in [-0.15, -0.1) is 0 Å². The Morgan fingerprint density at radius 3 is 2.46 bits per heavy atom. The number of carbonyl (C=O) groups excluding carboxylic acids is 1. The van der Waals surface area contributed by atoms with Gasteiger partial charge in [0.15, 0.2) is 0 Å². The van der Waals surface area contributed by atoms with Gasteiger partial charge < -0.3 is 4.90 Å². The Balaban J connectivity index is 1.82. The number of anilines is 1. The van der Waals surface area contributed by atoms with Crippen LogP contribution < -0.4 is 4.90 Å². The fraction of sp³-hybridized carbons (Fsp3) is 0.316. The van der Waals surface area contributed by atoms with Gasteiger partial charge in [0.05, 0.1) is 4.90 Å². The molecule has 138 valence electrons. The van der Waals surface area contributed by atoms with Crippen molar-refractivity contribution in [3.05, 3.63) is 59.9 Å².